The molecule has 1 aromatic rings. The molecule has 1 rings (SSSR count). The first-order valence-corrected chi connectivity index (χ1v) is 6.63. The first-order valence-electron chi connectivity index (χ1n) is 5.22. The first-order chi connectivity index (χ1) is 7.29. The van der Waals surface area contributed by atoms with Gasteiger partial charge in [-0.25, -0.2) is 0 Å². The Morgan fingerprint density at radius 1 is 1.44 bits per heavy atom. The van der Waals surface area contributed by atoms with Gasteiger partial charge in [-0.2, -0.15) is 0 Å². The van der Waals surface area contributed by atoms with Crippen molar-refractivity contribution in [2.75, 3.05) is 5.88 Å². The van der Waals surface area contributed by atoms with Crippen molar-refractivity contribution in [2.45, 2.75) is 33.2 Å². The summed E-state index contributed by atoms with van der Waals surface area (Å²) in [5, 5.41) is 5.05. The number of rotatable bonds is 4. The van der Waals surface area contributed by atoms with Crippen molar-refractivity contribution in [1.82, 2.24) is 5.32 Å². The van der Waals surface area contributed by atoms with E-state index in [0.29, 0.717) is 5.88 Å². The molecule has 1 amide bonds. The maximum Gasteiger partial charge on any atom is 0.227 e. The van der Waals surface area contributed by atoms with Gasteiger partial charge < -0.3 is 5.32 Å². The topological polar surface area (TPSA) is 29.1 Å². The minimum absolute atomic E-state index is 0.0131. The third kappa shape index (κ3) is 2.98. The summed E-state index contributed by atoms with van der Waals surface area (Å²) in [6, 6.07) is 4.01. The summed E-state index contributed by atoms with van der Waals surface area (Å²) >= 11 is 7.43. The van der Waals surface area contributed by atoms with Gasteiger partial charge in [-0.3, -0.25) is 4.79 Å². The zero-order chi connectivity index (χ0) is 12.4. The van der Waals surface area contributed by atoms with Gasteiger partial charge in [0.15, 0.2) is 0 Å². The maximum atomic E-state index is 12.0. The third-order valence-corrected chi connectivity index (χ3v) is 4.37. The summed E-state index contributed by atoms with van der Waals surface area (Å²) in [7, 11) is 0. The Balaban J connectivity index is 2.78. The lowest BCUT2D eigenvalue weighted by Crippen LogP contribution is -2.47. The molecule has 0 atom stereocenters. The van der Waals surface area contributed by atoms with Gasteiger partial charge in [0.25, 0.3) is 0 Å². The lowest BCUT2D eigenvalue weighted by molar-refractivity contribution is -0.130. The van der Waals surface area contributed by atoms with Gasteiger partial charge in [-0.05, 0) is 39.1 Å². The van der Waals surface area contributed by atoms with Crippen molar-refractivity contribution < 1.29 is 4.79 Å². The summed E-state index contributed by atoms with van der Waals surface area (Å²) in [4.78, 5) is 13.2. The fourth-order valence-electron chi connectivity index (χ4n) is 1.21. The van der Waals surface area contributed by atoms with Crippen molar-refractivity contribution in [3.8, 4) is 0 Å². The van der Waals surface area contributed by atoms with E-state index >= 15 is 0 Å². The number of hydrogen-bond donors (Lipinski definition) is 1. The number of carbonyl (C=O) groups excluding carboxylic acids is 1. The molecule has 0 fully saturated rings. The Bertz CT molecular complexity index is 357. The van der Waals surface area contributed by atoms with Crippen LogP contribution in [0.2, 0.25) is 0 Å². The van der Waals surface area contributed by atoms with Gasteiger partial charge >= 0.3 is 0 Å². The Kier molecular flexibility index (Phi) is 4.02. The monoisotopic (exact) mass is 259 g/mol. The number of thiophene rings is 1. The lowest BCUT2D eigenvalue weighted by Gasteiger charge is -2.30. The second-order valence-corrected chi connectivity index (χ2v) is 6.29. The molecule has 0 bridgehead atoms. The number of alkyl halides is 1. The molecule has 90 valence electrons. The molecule has 1 aromatic heterocycles. The Labute approximate surface area is 106 Å². The highest BCUT2D eigenvalue weighted by atomic mass is 35.5. The zero-order valence-corrected chi connectivity index (χ0v) is 11.7. The van der Waals surface area contributed by atoms with E-state index < -0.39 is 5.41 Å². The number of hydrogen-bond acceptors (Lipinski definition) is 2. The highest BCUT2D eigenvalue weighted by molar-refractivity contribution is 7.10. The highest BCUT2D eigenvalue weighted by Crippen LogP contribution is 2.27. The summed E-state index contributed by atoms with van der Waals surface area (Å²) in [5.41, 5.74) is -0.870. The largest absolute Gasteiger partial charge is 0.346 e. The molecule has 0 aliphatic heterocycles. The van der Waals surface area contributed by atoms with E-state index in [1.165, 1.54) is 0 Å². The minimum atomic E-state index is -0.532. The number of halogens is 1. The predicted molar refractivity (Wildman–Crippen MR) is 70.0 cm³/mol. The van der Waals surface area contributed by atoms with Gasteiger partial charge in [-0.1, -0.05) is 6.07 Å². The molecule has 0 saturated heterocycles. The van der Waals surface area contributed by atoms with Crippen LogP contribution in [0.25, 0.3) is 0 Å². The van der Waals surface area contributed by atoms with Crippen molar-refractivity contribution in [2.24, 2.45) is 5.41 Å². The van der Waals surface area contributed by atoms with Gasteiger partial charge in [0.1, 0.15) is 0 Å². The first kappa shape index (κ1) is 13.5. The van der Waals surface area contributed by atoms with Crippen LogP contribution in [-0.4, -0.2) is 11.8 Å². The molecular weight excluding hydrogens is 242 g/mol. The maximum absolute atomic E-state index is 12.0. The normalized spacial score (nSPS) is 12.6. The SMILES string of the molecule is CC(C)(CCl)C(=O)NC(C)(C)c1cccs1. The summed E-state index contributed by atoms with van der Waals surface area (Å²) in [6.45, 7) is 7.70. The second-order valence-electron chi connectivity index (χ2n) is 5.07. The van der Waals surface area contributed by atoms with Crippen LogP contribution >= 0.6 is 22.9 Å². The van der Waals surface area contributed by atoms with Gasteiger partial charge in [0.2, 0.25) is 5.91 Å². The smallest absolute Gasteiger partial charge is 0.227 e. The molecule has 0 aliphatic rings. The van der Waals surface area contributed by atoms with E-state index in [2.05, 4.69) is 5.32 Å². The van der Waals surface area contributed by atoms with Crippen molar-refractivity contribution in [3.63, 3.8) is 0 Å². The second kappa shape index (κ2) is 4.76. The molecule has 2 nitrogen and oxygen atoms in total. The van der Waals surface area contributed by atoms with E-state index in [-0.39, 0.29) is 11.4 Å². The summed E-state index contributed by atoms with van der Waals surface area (Å²) < 4.78 is 0. The molecule has 0 aromatic carbocycles. The number of nitrogens with one attached hydrogen (secondary N) is 1. The fourth-order valence-corrected chi connectivity index (χ4v) is 2.14. The van der Waals surface area contributed by atoms with Crippen LogP contribution in [0.15, 0.2) is 17.5 Å². The number of carbonyl (C=O) groups is 1. The van der Waals surface area contributed by atoms with Crippen molar-refractivity contribution >= 4 is 28.8 Å². The highest BCUT2D eigenvalue weighted by Gasteiger charge is 2.32. The standard InChI is InChI=1S/C12H18ClNOS/c1-11(2,8-13)10(15)14-12(3,4)9-6-5-7-16-9/h5-7H,8H2,1-4H3,(H,14,15). The van der Waals surface area contributed by atoms with Crippen molar-refractivity contribution in [1.29, 1.82) is 0 Å². The van der Waals surface area contributed by atoms with Crippen LogP contribution in [0.4, 0.5) is 0 Å². The van der Waals surface area contributed by atoms with Crippen LogP contribution in [0.3, 0.4) is 0 Å². The third-order valence-electron chi connectivity index (χ3n) is 2.51. The molecule has 4 heteroatoms. The molecule has 0 radical (unpaired) electrons. The lowest BCUT2D eigenvalue weighted by atomic mass is 9.92. The van der Waals surface area contributed by atoms with E-state index in [1.807, 2.05) is 45.2 Å². The van der Waals surface area contributed by atoms with Gasteiger partial charge in [0, 0.05) is 10.8 Å². The molecule has 0 unspecified atom stereocenters. The van der Waals surface area contributed by atoms with Crippen LogP contribution in [0.1, 0.15) is 32.6 Å². The molecule has 0 spiro atoms. The van der Waals surface area contributed by atoms with Crippen LogP contribution < -0.4 is 5.32 Å². The molecule has 16 heavy (non-hydrogen) atoms. The van der Waals surface area contributed by atoms with E-state index in [1.54, 1.807) is 11.3 Å². The molecular formula is C12H18ClNOS. The number of amides is 1. The van der Waals surface area contributed by atoms with Crippen LogP contribution in [0.5, 0.6) is 0 Å². The van der Waals surface area contributed by atoms with Gasteiger partial charge in [-0.15, -0.1) is 22.9 Å². The van der Waals surface area contributed by atoms with E-state index in [0.717, 1.165) is 4.88 Å². The molecule has 0 aliphatic carbocycles. The molecule has 1 heterocycles. The minimum Gasteiger partial charge on any atom is -0.346 e. The fraction of sp³-hybridized carbons (Fsp3) is 0.583. The average Bonchev–Trinajstić information content (AvgIpc) is 2.70. The Hall–Kier alpha value is -0.540. The van der Waals surface area contributed by atoms with Crippen molar-refractivity contribution in [3.05, 3.63) is 22.4 Å². The molecule has 1 N–H and O–H groups in total. The zero-order valence-electron chi connectivity index (χ0n) is 10.1. The average molecular weight is 260 g/mol. The Morgan fingerprint density at radius 2 is 2.06 bits per heavy atom. The summed E-state index contributed by atoms with van der Waals surface area (Å²) in [5.74, 6) is 0.306. The predicted octanol–water partition coefficient (Wildman–Crippen LogP) is 3.36. The summed E-state index contributed by atoms with van der Waals surface area (Å²) in [6.07, 6.45) is 0. The van der Waals surface area contributed by atoms with Crippen LogP contribution in [-0.2, 0) is 10.3 Å². The van der Waals surface area contributed by atoms with Crippen LogP contribution in [0, 0.1) is 5.41 Å². The molecule has 0 saturated carbocycles. The quantitative estimate of drug-likeness (QED) is 0.826. The van der Waals surface area contributed by atoms with E-state index in [4.69, 9.17) is 11.6 Å². The Morgan fingerprint density at radius 3 is 2.50 bits per heavy atom. The van der Waals surface area contributed by atoms with Gasteiger partial charge in [0.05, 0.1) is 11.0 Å². The van der Waals surface area contributed by atoms with E-state index in [9.17, 15) is 4.79 Å².